The molecule has 1 saturated carbocycles. The highest BCUT2D eigenvalue weighted by Crippen LogP contribution is 2.52. The Kier molecular flexibility index (Phi) is 6.23. The van der Waals surface area contributed by atoms with Crippen LogP contribution < -0.4 is 9.91 Å². The number of carbonyl (C=O) groups excluding carboxylic acids is 1. The molecule has 0 spiro atoms. The standard InChI is InChI=1S/C35H29N3O3/c39-34-30(33(35(40)41)36-38(34)27-10-5-2-6-11-27)22-25-16-19-32-29(21-25)28-12-7-13-31(28)37(32)26-17-14-24(15-18-26)20-23-8-3-1-4-9-23/h1-6,8-11,14-19,21-22,28,31H,7,12-13,20H2,(H,40,41). The maximum atomic E-state index is 13.3. The number of hydrazone groups is 1. The molecule has 41 heavy (non-hydrogen) atoms. The van der Waals surface area contributed by atoms with Crippen molar-refractivity contribution in [3.63, 3.8) is 0 Å². The van der Waals surface area contributed by atoms with E-state index in [9.17, 15) is 14.7 Å². The molecule has 6 heteroatoms. The van der Waals surface area contributed by atoms with E-state index in [0.717, 1.165) is 24.8 Å². The molecule has 7 rings (SSSR count). The van der Waals surface area contributed by atoms with Crippen molar-refractivity contribution in [3.05, 3.63) is 131 Å². The summed E-state index contributed by atoms with van der Waals surface area (Å²) < 4.78 is 0. The summed E-state index contributed by atoms with van der Waals surface area (Å²) in [6.45, 7) is 0. The summed E-state index contributed by atoms with van der Waals surface area (Å²) in [4.78, 5) is 27.8. The molecule has 0 bridgehead atoms. The van der Waals surface area contributed by atoms with Gasteiger partial charge in [-0.2, -0.15) is 10.1 Å². The van der Waals surface area contributed by atoms with Gasteiger partial charge in [-0.15, -0.1) is 0 Å². The Morgan fingerprint density at radius 1 is 0.854 bits per heavy atom. The third-order valence-electron chi connectivity index (χ3n) is 8.38. The summed E-state index contributed by atoms with van der Waals surface area (Å²) in [5, 5.41) is 15.1. The van der Waals surface area contributed by atoms with Crippen LogP contribution in [0.5, 0.6) is 0 Å². The highest BCUT2D eigenvalue weighted by Gasteiger charge is 2.42. The van der Waals surface area contributed by atoms with Gasteiger partial charge in [0.15, 0.2) is 5.71 Å². The zero-order valence-electron chi connectivity index (χ0n) is 22.5. The molecule has 2 aliphatic heterocycles. The zero-order chi connectivity index (χ0) is 27.9. The lowest BCUT2D eigenvalue weighted by atomic mass is 9.95. The number of benzene rings is 4. The molecule has 1 amide bonds. The molecule has 0 saturated heterocycles. The molecule has 2 unspecified atom stereocenters. The van der Waals surface area contributed by atoms with Crippen molar-refractivity contribution < 1.29 is 14.7 Å². The summed E-state index contributed by atoms with van der Waals surface area (Å²) in [6, 6.07) is 34.9. The van der Waals surface area contributed by atoms with Crippen LogP contribution in [-0.2, 0) is 16.0 Å². The fourth-order valence-electron chi connectivity index (χ4n) is 6.52. The first kappa shape index (κ1) is 25.0. The average Bonchev–Trinajstić information content (AvgIpc) is 3.68. The zero-order valence-corrected chi connectivity index (χ0v) is 22.5. The Morgan fingerprint density at radius 2 is 1.56 bits per heavy atom. The second kappa shape index (κ2) is 10.2. The summed E-state index contributed by atoms with van der Waals surface area (Å²) in [7, 11) is 0. The van der Waals surface area contributed by atoms with E-state index in [1.165, 1.54) is 39.5 Å². The minimum Gasteiger partial charge on any atom is -0.476 e. The van der Waals surface area contributed by atoms with Gasteiger partial charge in [-0.25, -0.2) is 4.79 Å². The monoisotopic (exact) mass is 539 g/mol. The Labute approximate surface area is 238 Å². The van der Waals surface area contributed by atoms with Crippen molar-refractivity contribution in [1.29, 1.82) is 0 Å². The van der Waals surface area contributed by atoms with Crippen LogP contribution in [0.4, 0.5) is 17.1 Å². The molecule has 2 atom stereocenters. The van der Waals surface area contributed by atoms with Gasteiger partial charge in [-0.05, 0) is 84.0 Å². The van der Waals surface area contributed by atoms with E-state index in [1.54, 1.807) is 30.3 Å². The lowest BCUT2D eigenvalue weighted by molar-refractivity contribution is -0.129. The highest BCUT2D eigenvalue weighted by molar-refractivity contribution is 6.53. The SMILES string of the molecule is O=C(O)C1=NN(c2ccccc2)C(=O)C1=Cc1ccc2c(c1)C1CCCC1N2c1ccc(Cc2ccccc2)cc1. The van der Waals surface area contributed by atoms with Crippen LogP contribution in [0.2, 0.25) is 0 Å². The van der Waals surface area contributed by atoms with Gasteiger partial charge in [0.2, 0.25) is 0 Å². The normalized spacial score (nSPS) is 20.3. The number of carboxylic acids is 1. The fraction of sp³-hybridized carbons (Fsp3) is 0.171. The first-order valence-corrected chi connectivity index (χ1v) is 14.1. The van der Waals surface area contributed by atoms with E-state index in [4.69, 9.17) is 0 Å². The molecular weight excluding hydrogens is 510 g/mol. The molecule has 2 heterocycles. The maximum Gasteiger partial charge on any atom is 0.357 e. The number of aliphatic carboxylic acids is 1. The smallest absolute Gasteiger partial charge is 0.357 e. The van der Waals surface area contributed by atoms with Crippen LogP contribution in [0.1, 0.15) is 47.4 Å². The quantitative estimate of drug-likeness (QED) is 0.270. The number of para-hydroxylation sites is 1. The van der Waals surface area contributed by atoms with Gasteiger partial charge in [0, 0.05) is 23.3 Å². The van der Waals surface area contributed by atoms with Crippen LogP contribution in [0.25, 0.3) is 6.08 Å². The molecule has 0 radical (unpaired) electrons. The summed E-state index contributed by atoms with van der Waals surface area (Å²) in [5.41, 5.74) is 7.41. The largest absolute Gasteiger partial charge is 0.476 e. The molecule has 0 aromatic heterocycles. The number of hydrogen-bond donors (Lipinski definition) is 1. The molecule has 202 valence electrons. The molecule has 3 aliphatic rings. The third kappa shape index (κ3) is 4.51. The van der Waals surface area contributed by atoms with Crippen molar-refractivity contribution in [3.8, 4) is 0 Å². The Balaban J connectivity index is 1.20. The molecule has 4 aromatic rings. The number of fused-ring (bicyclic) bond motifs is 3. The number of amides is 1. The van der Waals surface area contributed by atoms with E-state index in [-0.39, 0.29) is 11.3 Å². The van der Waals surface area contributed by atoms with Gasteiger partial charge in [-0.1, -0.05) is 73.2 Å². The van der Waals surface area contributed by atoms with E-state index < -0.39 is 11.9 Å². The van der Waals surface area contributed by atoms with Gasteiger partial charge in [0.25, 0.3) is 5.91 Å². The first-order valence-electron chi connectivity index (χ1n) is 14.1. The lowest BCUT2D eigenvalue weighted by Crippen LogP contribution is -2.26. The molecule has 4 aromatic carbocycles. The van der Waals surface area contributed by atoms with Crippen LogP contribution in [0, 0.1) is 0 Å². The fourth-order valence-corrected chi connectivity index (χ4v) is 6.52. The van der Waals surface area contributed by atoms with Gasteiger partial charge in [0.1, 0.15) is 0 Å². The Bertz CT molecular complexity index is 1690. The second-order valence-electron chi connectivity index (χ2n) is 10.9. The van der Waals surface area contributed by atoms with Gasteiger partial charge >= 0.3 is 5.97 Å². The minimum absolute atomic E-state index is 0.0909. The van der Waals surface area contributed by atoms with E-state index in [1.807, 2.05) is 18.2 Å². The van der Waals surface area contributed by atoms with Crippen LogP contribution in [-0.4, -0.2) is 28.7 Å². The first-order chi connectivity index (χ1) is 20.1. The molecule has 1 fully saturated rings. The van der Waals surface area contributed by atoms with Crippen LogP contribution in [0.3, 0.4) is 0 Å². The number of rotatable bonds is 6. The third-order valence-corrected chi connectivity index (χ3v) is 8.38. The number of hydrogen-bond acceptors (Lipinski definition) is 4. The summed E-state index contributed by atoms with van der Waals surface area (Å²) >= 11 is 0. The number of anilines is 3. The van der Waals surface area contributed by atoms with E-state index in [0.29, 0.717) is 17.6 Å². The molecule has 1 N–H and O–H groups in total. The predicted molar refractivity (Wildman–Crippen MR) is 162 cm³/mol. The van der Waals surface area contributed by atoms with Crippen LogP contribution >= 0.6 is 0 Å². The summed E-state index contributed by atoms with van der Waals surface area (Å²) in [6.07, 6.45) is 5.99. The minimum atomic E-state index is -1.22. The Morgan fingerprint density at radius 3 is 2.29 bits per heavy atom. The van der Waals surface area contributed by atoms with E-state index in [2.05, 4.69) is 70.7 Å². The molecule has 6 nitrogen and oxygen atoms in total. The maximum absolute atomic E-state index is 13.3. The van der Waals surface area contributed by atoms with Crippen molar-refractivity contribution >= 4 is 40.7 Å². The van der Waals surface area contributed by atoms with Crippen molar-refractivity contribution in [2.24, 2.45) is 5.10 Å². The lowest BCUT2D eigenvalue weighted by Gasteiger charge is -2.27. The van der Waals surface area contributed by atoms with E-state index >= 15 is 0 Å². The highest BCUT2D eigenvalue weighted by atomic mass is 16.4. The van der Waals surface area contributed by atoms with Gasteiger partial charge < -0.3 is 10.0 Å². The second-order valence-corrected chi connectivity index (χ2v) is 10.9. The molecule has 1 aliphatic carbocycles. The predicted octanol–water partition coefficient (Wildman–Crippen LogP) is 6.94. The van der Waals surface area contributed by atoms with Crippen molar-refractivity contribution in [2.45, 2.75) is 37.6 Å². The average molecular weight is 540 g/mol. The summed E-state index contributed by atoms with van der Waals surface area (Å²) in [5.74, 6) is -1.26. The van der Waals surface area contributed by atoms with Crippen molar-refractivity contribution in [2.75, 3.05) is 9.91 Å². The van der Waals surface area contributed by atoms with Gasteiger partial charge in [0.05, 0.1) is 11.3 Å². The Hall–Kier alpha value is -4.97. The van der Waals surface area contributed by atoms with Crippen molar-refractivity contribution in [1.82, 2.24) is 0 Å². The molecular formula is C35H29N3O3. The van der Waals surface area contributed by atoms with Crippen LogP contribution in [0.15, 0.2) is 114 Å². The van der Waals surface area contributed by atoms with Gasteiger partial charge in [-0.3, -0.25) is 4.79 Å². The topological polar surface area (TPSA) is 73.2 Å². The number of nitrogens with zero attached hydrogens (tertiary/aromatic N) is 3. The number of carbonyl (C=O) groups is 2. The number of carboxylic acid groups (broad SMARTS) is 1.